The van der Waals surface area contributed by atoms with E-state index in [1.54, 1.807) is 47.4 Å². The Morgan fingerprint density at radius 3 is 2.27 bits per heavy atom. The van der Waals surface area contributed by atoms with Crippen LogP contribution in [0.3, 0.4) is 0 Å². The van der Waals surface area contributed by atoms with Gasteiger partial charge in [0.05, 0.1) is 17.1 Å². The van der Waals surface area contributed by atoms with Gasteiger partial charge >= 0.3 is 0 Å². The molecule has 0 aromatic heterocycles. The molecule has 1 N–H and O–H groups in total. The van der Waals surface area contributed by atoms with Gasteiger partial charge in [0, 0.05) is 27.1 Å². The molecule has 0 saturated carbocycles. The Hall–Kier alpha value is -3.69. The molecule has 1 atom stereocenters. The normalized spacial score (nSPS) is 15.1. The molecule has 0 fully saturated rings. The van der Waals surface area contributed by atoms with Gasteiger partial charge in [0.1, 0.15) is 5.75 Å². The van der Waals surface area contributed by atoms with Gasteiger partial charge in [-0.2, -0.15) is 0 Å². The van der Waals surface area contributed by atoms with Crippen LogP contribution in [0.25, 0.3) is 0 Å². The standard InChI is InChI=1S/C28H31N3O5S/c1-30(2)37(34,35)23-15-12-22(13-16-23)14-17-27(32)31-20-26(36-25-11-7-6-10-24(25)31)28(33)29-19-18-21-8-4-3-5-9-21/h3-13,15-16,26H,14,17-20H2,1-2H3,(H,29,33)/t26-/m1/s1. The lowest BCUT2D eigenvalue weighted by molar-refractivity contribution is -0.128. The van der Waals surface area contributed by atoms with Crippen molar-refractivity contribution in [1.29, 1.82) is 0 Å². The number of rotatable bonds is 9. The van der Waals surface area contributed by atoms with Crippen LogP contribution in [0.15, 0.2) is 83.8 Å². The monoisotopic (exact) mass is 521 g/mol. The molecule has 3 aromatic carbocycles. The zero-order valence-electron chi connectivity index (χ0n) is 21.0. The van der Waals surface area contributed by atoms with E-state index in [2.05, 4.69) is 5.32 Å². The van der Waals surface area contributed by atoms with Crippen molar-refractivity contribution in [1.82, 2.24) is 9.62 Å². The lowest BCUT2D eigenvalue weighted by atomic mass is 10.1. The Morgan fingerprint density at radius 1 is 0.919 bits per heavy atom. The number of anilines is 1. The van der Waals surface area contributed by atoms with Crippen molar-refractivity contribution < 1.29 is 22.7 Å². The van der Waals surface area contributed by atoms with Crippen LogP contribution < -0.4 is 15.0 Å². The second-order valence-electron chi connectivity index (χ2n) is 9.04. The van der Waals surface area contributed by atoms with Crippen molar-refractivity contribution in [3.05, 3.63) is 90.0 Å². The maximum Gasteiger partial charge on any atom is 0.262 e. The Morgan fingerprint density at radius 2 is 1.57 bits per heavy atom. The predicted molar refractivity (Wildman–Crippen MR) is 142 cm³/mol. The first-order valence-corrected chi connectivity index (χ1v) is 13.6. The Kier molecular flexibility index (Phi) is 8.25. The van der Waals surface area contributed by atoms with Crippen molar-refractivity contribution in [3.8, 4) is 5.75 Å². The fourth-order valence-corrected chi connectivity index (χ4v) is 5.02. The van der Waals surface area contributed by atoms with E-state index >= 15 is 0 Å². The number of amides is 2. The van der Waals surface area contributed by atoms with Gasteiger partial charge < -0.3 is 15.0 Å². The summed E-state index contributed by atoms with van der Waals surface area (Å²) in [4.78, 5) is 27.9. The largest absolute Gasteiger partial charge is 0.477 e. The van der Waals surface area contributed by atoms with Crippen LogP contribution in [0.4, 0.5) is 5.69 Å². The molecule has 1 heterocycles. The summed E-state index contributed by atoms with van der Waals surface area (Å²) in [6, 6.07) is 23.6. The highest BCUT2D eigenvalue weighted by Crippen LogP contribution is 2.33. The molecule has 0 aliphatic carbocycles. The van der Waals surface area contributed by atoms with E-state index < -0.39 is 16.1 Å². The zero-order chi connectivity index (χ0) is 26.4. The quantitative estimate of drug-likeness (QED) is 0.467. The smallest absolute Gasteiger partial charge is 0.262 e. The van der Waals surface area contributed by atoms with Gasteiger partial charge in [-0.25, -0.2) is 12.7 Å². The Bertz CT molecular complexity index is 1340. The van der Waals surface area contributed by atoms with Crippen LogP contribution in [-0.4, -0.2) is 57.8 Å². The van der Waals surface area contributed by atoms with Crippen LogP contribution in [-0.2, 0) is 32.5 Å². The minimum atomic E-state index is -3.51. The molecular formula is C28H31N3O5S. The first kappa shape index (κ1) is 26.4. The number of carbonyl (C=O) groups excluding carboxylic acids is 2. The molecule has 1 aliphatic heterocycles. The summed E-state index contributed by atoms with van der Waals surface area (Å²) in [6.45, 7) is 0.588. The number of ether oxygens (including phenoxy) is 1. The summed E-state index contributed by atoms with van der Waals surface area (Å²) < 4.78 is 31.7. The van der Waals surface area contributed by atoms with Crippen LogP contribution in [0.2, 0.25) is 0 Å². The molecule has 1 aliphatic rings. The van der Waals surface area contributed by atoms with Gasteiger partial charge in [0.25, 0.3) is 5.91 Å². The van der Waals surface area contributed by atoms with Gasteiger partial charge in [-0.05, 0) is 48.2 Å². The van der Waals surface area contributed by atoms with Gasteiger partial charge in [-0.3, -0.25) is 9.59 Å². The number of nitrogens with zero attached hydrogens (tertiary/aromatic N) is 2. The van der Waals surface area contributed by atoms with E-state index in [0.29, 0.717) is 30.8 Å². The average Bonchev–Trinajstić information content (AvgIpc) is 2.91. The second kappa shape index (κ2) is 11.6. The summed E-state index contributed by atoms with van der Waals surface area (Å²) in [6.07, 6.45) is 0.531. The van der Waals surface area contributed by atoms with Gasteiger partial charge in [-0.15, -0.1) is 0 Å². The number of hydrogen-bond donors (Lipinski definition) is 1. The van der Waals surface area contributed by atoms with Crippen molar-refractivity contribution in [3.63, 3.8) is 0 Å². The third kappa shape index (κ3) is 6.36. The lowest BCUT2D eigenvalue weighted by Crippen LogP contribution is -2.51. The molecular weight excluding hydrogens is 490 g/mol. The number of aryl methyl sites for hydroxylation is 1. The number of hydrogen-bond acceptors (Lipinski definition) is 5. The van der Waals surface area contributed by atoms with E-state index in [1.165, 1.54) is 14.1 Å². The average molecular weight is 522 g/mol. The molecule has 0 radical (unpaired) electrons. The Labute approximate surface area is 217 Å². The fraction of sp³-hybridized carbons (Fsp3) is 0.286. The summed E-state index contributed by atoms with van der Waals surface area (Å²) in [7, 11) is -0.536. The molecule has 0 unspecified atom stereocenters. The maximum atomic E-state index is 13.3. The van der Waals surface area contributed by atoms with E-state index in [0.717, 1.165) is 15.4 Å². The van der Waals surface area contributed by atoms with Crippen LogP contribution in [0.5, 0.6) is 5.75 Å². The van der Waals surface area contributed by atoms with Crippen molar-refractivity contribution in [2.45, 2.75) is 30.3 Å². The number of benzene rings is 3. The van der Waals surface area contributed by atoms with Gasteiger partial charge in [0.2, 0.25) is 15.9 Å². The lowest BCUT2D eigenvalue weighted by Gasteiger charge is -2.34. The van der Waals surface area contributed by atoms with Crippen LogP contribution in [0.1, 0.15) is 17.5 Å². The number of para-hydroxylation sites is 2. The molecule has 9 heteroatoms. The first-order valence-electron chi connectivity index (χ1n) is 12.1. The molecule has 194 valence electrons. The molecule has 4 rings (SSSR count). The van der Waals surface area contributed by atoms with Gasteiger partial charge in [-0.1, -0.05) is 54.6 Å². The molecule has 3 aromatic rings. The molecule has 2 amide bonds. The highest BCUT2D eigenvalue weighted by Gasteiger charge is 2.33. The van der Waals surface area contributed by atoms with Crippen LogP contribution >= 0.6 is 0 Å². The minimum absolute atomic E-state index is 0.118. The fourth-order valence-electron chi connectivity index (χ4n) is 4.12. The van der Waals surface area contributed by atoms with Crippen LogP contribution in [0, 0.1) is 0 Å². The van der Waals surface area contributed by atoms with Crippen molar-refractivity contribution in [2.24, 2.45) is 0 Å². The van der Waals surface area contributed by atoms with Crippen molar-refractivity contribution >= 4 is 27.5 Å². The SMILES string of the molecule is CN(C)S(=O)(=O)c1ccc(CCC(=O)N2C[C@H](C(=O)NCCc3ccccc3)Oc3ccccc32)cc1. The van der Waals surface area contributed by atoms with E-state index in [-0.39, 0.29) is 29.7 Å². The third-order valence-electron chi connectivity index (χ3n) is 6.25. The molecule has 0 saturated heterocycles. The maximum absolute atomic E-state index is 13.3. The molecule has 37 heavy (non-hydrogen) atoms. The predicted octanol–water partition coefficient (Wildman–Crippen LogP) is 3.02. The summed E-state index contributed by atoms with van der Waals surface area (Å²) in [5.74, 6) is 0.0901. The zero-order valence-corrected chi connectivity index (χ0v) is 21.8. The summed E-state index contributed by atoms with van der Waals surface area (Å²) >= 11 is 0. The molecule has 0 spiro atoms. The second-order valence-corrected chi connectivity index (χ2v) is 11.2. The molecule has 0 bridgehead atoms. The number of carbonyl (C=O) groups is 2. The highest BCUT2D eigenvalue weighted by atomic mass is 32.2. The third-order valence-corrected chi connectivity index (χ3v) is 8.08. The molecule has 8 nitrogen and oxygen atoms in total. The van der Waals surface area contributed by atoms with E-state index in [1.807, 2.05) is 36.4 Å². The number of sulfonamides is 1. The van der Waals surface area contributed by atoms with E-state index in [4.69, 9.17) is 4.74 Å². The van der Waals surface area contributed by atoms with Crippen molar-refractivity contribution in [2.75, 3.05) is 32.1 Å². The number of fused-ring (bicyclic) bond motifs is 1. The minimum Gasteiger partial charge on any atom is -0.477 e. The van der Waals surface area contributed by atoms with Gasteiger partial charge in [0.15, 0.2) is 6.10 Å². The highest BCUT2D eigenvalue weighted by molar-refractivity contribution is 7.89. The van der Waals surface area contributed by atoms with E-state index in [9.17, 15) is 18.0 Å². The first-order chi connectivity index (χ1) is 17.8. The Balaban J connectivity index is 1.39. The topological polar surface area (TPSA) is 96.0 Å². The summed E-state index contributed by atoms with van der Waals surface area (Å²) in [5, 5.41) is 2.92. The summed E-state index contributed by atoms with van der Waals surface area (Å²) in [5.41, 5.74) is 2.61. The number of nitrogens with one attached hydrogen (secondary N) is 1.